The standard InChI is InChI=1S/C14H17BrN4O2/c1-14(13(20)21)4-2-3-8(7-14)12-18-10(15)9-11(16)17-5-6-19(9)12/h5-6,8H,2-4,7H2,1H3,(H2,16,17)(H,20,21)/t8-,14+/m1/s1. The number of carbonyl (C=O) groups is 1. The number of imidazole rings is 1. The van der Waals surface area contributed by atoms with Crippen LogP contribution in [0.3, 0.4) is 0 Å². The summed E-state index contributed by atoms with van der Waals surface area (Å²) in [6, 6.07) is 0. The Hall–Kier alpha value is -1.63. The van der Waals surface area contributed by atoms with E-state index < -0.39 is 11.4 Å². The zero-order valence-electron chi connectivity index (χ0n) is 11.7. The topological polar surface area (TPSA) is 93.5 Å². The van der Waals surface area contributed by atoms with Crippen molar-refractivity contribution in [1.82, 2.24) is 14.4 Å². The summed E-state index contributed by atoms with van der Waals surface area (Å²) >= 11 is 3.42. The van der Waals surface area contributed by atoms with Gasteiger partial charge in [-0.15, -0.1) is 0 Å². The fourth-order valence-electron chi connectivity index (χ4n) is 3.23. The largest absolute Gasteiger partial charge is 0.481 e. The van der Waals surface area contributed by atoms with Crippen molar-refractivity contribution in [3.05, 3.63) is 22.8 Å². The van der Waals surface area contributed by atoms with Crippen molar-refractivity contribution in [2.24, 2.45) is 5.41 Å². The Balaban J connectivity index is 2.05. The number of rotatable bonds is 2. The van der Waals surface area contributed by atoms with Crippen LogP contribution in [0.5, 0.6) is 0 Å². The maximum atomic E-state index is 11.5. The molecule has 7 heteroatoms. The molecular formula is C14H17BrN4O2. The molecule has 0 bridgehead atoms. The van der Waals surface area contributed by atoms with Crippen molar-refractivity contribution in [2.45, 2.75) is 38.5 Å². The molecule has 0 amide bonds. The van der Waals surface area contributed by atoms with Crippen molar-refractivity contribution in [3.63, 3.8) is 0 Å². The van der Waals surface area contributed by atoms with Gasteiger partial charge >= 0.3 is 5.97 Å². The second-order valence-electron chi connectivity index (χ2n) is 5.95. The molecule has 3 rings (SSSR count). The van der Waals surface area contributed by atoms with Gasteiger partial charge in [0.15, 0.2) is 5.82 Å². The quantitative estimate of drug-likeness (QED) is 0.866. The molecule has 0 aliphatic heterocycles. The minimum absolute atomic E-state index is 0.112. The van der Waals surface area contributed by atoms with Gasteiger partial charge in [0.05, 0.1) is 5.41 Å². The van der Waals surface area contributed by atoms with Crippen LogP contribution in [0.1, 0.15) is 44.3 Å². The predicted molar refractivity (Wildman–Crippen MR) is 82.1 cm³/mol. The summed E-state index contributed by atoms with van der Waals surface area (Å²) in [4.78, 5) is 20.2. The van der Waals surface area contributed by atoms with Gasteiger partial charge in [0, 0.05) is 18.3 Å². The number of carboxylic acid groups (broad SMARTS) is 1. The van der Waals surface area contributed by atoms with E-state index in [1.165, 1.54) is 0 Å². The van der Waals surface area contributed by atoms with E-state index >= 15 is 0 Å². The molecule has 21 heavy (non-hydrogen) atoms. The number of aliphatic carboxylic acids is 1. The molecule has 1 aliphatic carbocycles. The fourth-order valence-corrected chi connectivity index (χ4v) is 3.81. The van der Waals surface area contributed by atoms with Crippen molar-refractivity contribution in [3.8, 4) is 0 Å². The van der Waals surface area contributed by atoms with E-state index in [1.54, 1.807) is 6.20 Å². The van der Waals surface area contributed by atoms with Gasteiger partial charge < -0.3 is 10.8 Å². The Bertz CT molecular complexity index is 714. The first-order valence-electron chi connectivity index (χ1n) is 6.94. The monoisotopic (exact) mass is 352 g/mol. The molecule has 3 N–H and O–H groups in total. The third-order valence-corrected chi connectivity index (χ3v) is 4.98. The lowest BCUT2D eigenvalue weighted by Crippen LogP contribution is -2.33. The maximum absolute atomic E-state index is 11.5. The minimum Gasteiger partial charge on any atom is -0.481 e. The highest BCUT2D eigenvalue weighted by Crippen LogP contribution is 2.44. The van der Waals surface area contributed by atoms with Crippen LogP contribution in [0.25, 0.3) is 5.52 Å². The molecule has 0 aromatic carbocycles. The van der Waals surface area contributed by atoms with Crippen LogP contribution in [0.4, 0.5) is 5.82 Å². The Labute approximate surface area is 130 Å². The van der Waals surface area contributed by atoms with Crippen LogP contribution in [0.15, 0.2) is 17.0 Å². The van der Waals surface area contributed by atoms with Crippen molar-refractivity contribution in [2.75, 3.05) is 5.73 Å². The molecule has 0 saturated heterocycles. The predicted octanol–water partition coefficient (Wildman–Crippen LogP) is 2.82. The van der Waals surface area contributed by atoms with Gasteiger partial charge in [0.1, 0.15) is 15.9 Å². The number of carboxylic acids is 1. The molecule has 0 spiro atoms. The summed E-state index contributed by atoms with van der Waals surface area (Å²) in [6.07, 6.45) is 6.60. The van der Waals surface area contributed by atoms with E-state index in [0.717, 1.165) is 24.2 Å². The van der Waals surface area contributed by atoms with Gasteiger partial charge in [-0.25, -0.2) is 9.97 Å². The van der Waals surface area contributed by atoms with Crippen molar-refractivity contribution in [1.29, 1.82) is 0 Å². The molecule has 2 aromatic heterocycles. The van der Waals surface area contributed by atoms with Gasteiger partial charge in [-0.3, -0.25) is 9.20 Å². The van der Waals surface area contributed by atoms with Crippen LogP contribution < -0.4 is 5.73 Å². The highest BCUT2D eigenvalue weighted by molar-refractivity contribution is 9.10. The van der Waals surface area contributed by atoms with Gasteiger partial charge in [-0.05, 0) is 42.1 Å². The smallest absolute Gasteiger partial charge is 0.309 e. The Morgan fingerprint density at radius 3 is 3.10 bits per heavy atom. The molecule has 1 fully saturated rings. The van der Waals surface area contributed by atoms with E-state index in [-0.39, 0.29) is 5.92 Å². The highest BCUT2D eigenvalue weighted by Gasteiger charge is 2.40. The van der Waals surface area contributed by atoms with Crippen LogP contribution >= 0.6 is 15.9 Å². The molecule has 2 aromatic rings. The molecule has 112 valence electrons. The Morgan fingerprint density at radius 2 is 2.38 bits per heavy atom. The first-order chi connectivity index (χ1) is 9.92. The number of aromatic nitrogens is 3. The maximum Gasteiger partial charge on any atom is 0.309 e. The van der Waals surface area contributed by atoms with Gasteiger partial charge in [-0.2, -0.15) is 0 Å². The number of nitrogens with zero attached hydrogens (tertiary/aromatic N) is 3. The van der Waals surface area contributed by atoms with Crippen molar-refractivity contribution < 1.29 is 9.90 Å². The van der Waals surface area contributed by atoms with E-state index in [1.807, 2.05) is 17.5 Å². The molecule has 0 unspecified atom stereocenters. The third kappa shape index (κ3) is 2.29. The van der Waals surface area contributed by atoms with E-state index in [9.17, 15) is 9.90 Å². The van der Waals surface area contributed by atoms with Gasteiger partial charge in [0.2, 0.25) is 0 Å². The summed E-state index contributed by atoms with van der Waals surface area (Å²) < 4.78 is 2.58. The molecule has 1 aliphatic rings. The zero-order chi connectivity index (χ0) is 15.2. The molecule has 1 saturated carbocycles. The lowest BCUT2D eigenvalue weighted by Gasteiger charge is -2.34. The number of fused-ring (bicyclic) bond motifs is 1. The molecule has 2 atom stereocenters. The summed E-state index contributed by atoms with van der Waals surface area (Å²) in [5, 5.41) is 9.46. The molecule has 6 nitrogen and oxygen atoms in total. The van der Waals surface area contributed by atoms with Gasteiger partial charge in [-0.1, -0.05) is 6.42 Å². The average molecular weight is 353 g/mol. The summed E-state index contributed by atoms with van der Waals surface area (Å²) in [7, 11) is 0. The SMILES string of the molecule is C[C@]1(C(=O)O)CCC[C@@H](c2nc(Br)c3c(N)nccn23)C1. The van der Waals surface area contributed by atoms with E-state index in [0.29, 0.717) is 23.3 Å². The lowest BCUT2D eigenvalue weighted by atomic mass is 9.70. The van der Waals surface area contributed by atoms with Crippen LogP contribution in [0, 0.1) is 5.41 Å². The second kappa shape index (κ2) is 4.98. The Kier molecular flexibility index (Phi) is 3.39. The number of halogens is 1. The number of nitrogen functional groups attached to an aromatic ring is 1. The first kappa shape index (κ1) is 14.3. The number of hydrogen-bond acceptors (Lipinski definition) is 4. The second-order valence-corrected chi connectivity index (χ2v) is 6.70. The Morgan fingerprint density at radius 1 is 1.62 bits per heavy atom. The highest BCUT2D eigenvalue weighted by atomic mass is 79.9. The van der Waals surface area contributed by atoms with E-state index in [4.69, 9.17) is 5.73 Å². The normalized spacial score (nSPS) is 26.1. The van der Waals surface area contributed by atoms with Crippen LogP contribution in [-0.2, 0) is 4.79 Å². The first-order valence-corrected chi connectivity index (χ1v) is 7.73. The summed E-state index contributed by atoms with van der Waals surface area (Å²) in [5.41, 5.74) is 5.97. The third-order valence-electron chi connectivity index (χ3n) is 4.43. The summed E-state index contributed by atoms with van der Waals surface area (Å²) in [6.45, 7) is 1.82. The molecule has 0 radical (unpaired) electrons. The fraction of sp³-hybridized carbons (Fsp3) is 0.500. The molecular weight excluding hydrogens is 336 g/mol. The molecule has 2 heterocycles. The number of anilines is 1. The minimum atomic E-state index is -0.728. The van der Waals surface area contributed by atoms with Crippen LogP contribution in [0.2, 0.25) is 0 Å². The summed E-state index contributed by atoms with van der Waals surface area (Å²) in [5.74, 6) is 0.659. The van der Waals surface area contributed by atoms with Crippen LogP contribution in [-0.4, -0.2) is 25.4 Å². The number of hydrogen-bond donors (Lipinski definition) is 2. The zero-order valence-corrected chi connectivity index (χ0v) is 13.3. The number of nitrogens with two attached hydrogens (primary N) is 1. The average Bonchev–Trinajstić information content (AvgIpc) is 2.77. The lowest BCUT2D eigenvalue weighted by molar-refractivity contribution is -0.150. The van der Waals surface area contributed by atoms with Crippen molar-refractivity contribution >= 4 is 33.2 Å². The van der Waals surface area contributed by atoms with Gasteiger partial charge in [0.25, 0.3) is 0 Å². The van der Waals surface area contributed by atoms with E-state index in [2.05, 4.69) is 25.9 Å².